The summed E-state index contributed by atoms with van der Waals surface area (Å²) in [5, 5.41) is 54.2. The average molecular weight is 740 g/mol. The zero-order valence-corrected chi connectivity index (χ0v) is 33.3. The fourth-order valence-corrected chi connectivity index (χ4v) is 6.79. The molecule has 306 valence electrons. The summed E-state index contributed by atoms with van der Waals surface area (Å²) in [4.78, 5) is 12.9. The Bertz CT molecular complexity index is 868. The molecular formula is C43H81NO8. The van der Waals surface area contributed by atoms with E-state index in [0.717, 1.165) is 70.6 Å². The first-order chi connectivity index (χ1) is 25.3. The van der Waals surface area contributed by atoms with Crippen LogP contribution in [0.4, 0.5) is 0 Å². The number of ether oxygens (including phenoxy) is 2. The number of carbonyl (C=O) groups is 1. The van der Waals surface area contributed by atoms with E-state index in [0.29, 0.717) is 12.8 Å². The van der Waals surface area contributed by atoms with Gasteiger partial charge in [-0.25, -0.2) is 0 Å². The van der Waals surface area contributed by atoms with Crippen molar-refractivity contribution >= 4 is 5.91 Å². The molecule has 1 fully saturated rings. The average Bonchev–Trinajstić information content (AvgIpc) is 3.14. The van der Waals surface area contributed by atoms with Crippen LogP contribution in [-0.2, 0) is 14.3 Å². The number of nitrogens with one attached hydrogen (secondary N) is 1. The number of rotatable bonds is 35. The maximum Gasteiger partial charge on any atom is 0.220 e. The van der Waals surface area contributed by atoms with E-state index in [4.69, 9.17) is 9.47 Å². The van der Waals surface area contributed by atoms with Gasteiger partial charge in [0.2, 0.25) is 5.91 Å². The second kappa shape index (κ2) is 34.2. The minimum Gasteiger partial charge on any atom is -0.394 e. The molecule has 7 atom stereocenters. The van der Waals surface area contributed by atoms with Crippen molar-refractivity contribution in [1.82, 2.24) is 5.32 Å². The third kappa shape index (κ3) is 24.9. The lowest BCUT2D eigenvalue weighted by atomic mass is 9.99. The van der Waals surface area contributed by atoms with Gasteiger partial charge in [-0.1, -0.05) is 167 Å². The molecule has 0 spiro atoms. The Morgan fingerprint density at radius 1 is 0.654 bits per heavy atom. The van der Waals surface area contributed by atoms with Gasteiger partial charge in [0.25, 0.3) is 0 Å². The SMILES string of the molecule is CCC/C=C\C/C=C\CCCCCCCC(=O)NC(COC1OC(CO)C(O)C(O)C1O)C(O)CCCCCCCCCCCCCCCCCC. The highest BCUT2D eigenvalue weighted by Gasteiger charge is 2.44. The zero-order valence-electron chi connectivity index (χ0n) is 33.3. The number of allylic oxidation sites excluding steroid dienone is 4. The Morgan fingerprint density at radius 2 is 1.17 bits per heavy atom. The quantitative estimate of drug-likeness (QED) is 0.0281. The Hall–Kier alpha value is -1.33. The number of aliphatic hydroxyl groups is 5. The molecule has 1 aliphatic rings. The van der Waals surface area contributed by atoms with Crippen molar-refractivity contribution in [2.75, 3.05) is 13.2 Å². The van der Waals surface area contributed by atoms with Crippen LogP contribution in [0, 0.1) is 0 Å². The minimum absolute atomic E-state index is 0.142. The molecule has 1 amide bonds. The first-order valence-electron chi connectivity index (χ1n) is 21.5. The second-order valence-electron chi connectivity index (χ2n) is 15.1. The lowest BCUT2D eigenvalue weighted by molar-refractivity contribution is -0.302. The summed E-state index contributed by atoms with van der Waals surface area (Å²) in [5.74, 6) is -0.160. The van der Waals surface area contributed by atoms with Gasteiger partial charge in [0.1, 0.15) is 24.4 Å². The van der Waals surface area contributed by atoms with Gasteiger partial charge in [-0.15, -0.1) is 0 Å². The summed E-state index contributed by atoms with van der Waals surface area (Å²) in [7, 11) is 0. The van der Waals surface area contributed by atoms with Crippen LogP contribution in [0.25, 0.3) is 0 Å². The standard InChI is InChI=1S/C43H81NO8/c1-3-5-7-9-11-13-15-17-18-19-21-22-24-26-28-30-32-37(46)36(35-51-43-42(50)41(49)40(48)38(34-45)52-43)44-39(47)33-31-29-27-25-23-20-16-14-12-10-8-6-4-2/h8,10,14,16,36-38,40-43,45-46,48-50H,3-7,9,11-13,15,17-35H2,1-2H3,(H,44,47)/b10-8-,16-14-. The molecule has 0 saturated carbocycles. The number of amides is 1. The normalized spacial score (nSPS) is 22.0. The highest BCUT2D eigenvalue weighted by molar-refractivity contribution is 5.76. The fourth-order valence-electron chi connectivity index (χ4n) is 6.79. The van der Waals surface area contributed by atoms with Crippen LogP contribution >= 0.6 is 0 Å². The second-order valence-corrected chi connectivity index (χ2v) is 15.1. The van der Waals surface area contributed by atoms with Gasteiger partial charge in [-0.05, 0) is 38.5 Å². The largest absolute Gasteiger partial charge is 0.394 e. The van der Waals surface area contributed by atoms with Crippen molar-refractivity contribution in [3.63, 3.8) is 0 Å². The predicted octanol–water partition coefficient (Wildman–Crippen LogP) is 8.33. The summed E-state index contributed by atoms with van der Waals surface area (Å²) < 4.78 is 11.2. The maximum atomic E-state index is 12.9. The topological polar surface area (TPSA) is 149 Å². The van der Waals surface area contributed by atoms with Gasteiger partial charge < -0.3 is 40.3 Å². The van der Waals surface area contributed by atoms with E-state index in [9.17, 15) is 30.3 Å². The summed E-state index contributed by atoms with van der Waals surface area (Å²) >= 11 is 0. The predicted molar refractivity (Wildman–Crippen MR) is 212 cm³/mol. The number of hydrogen-bond acceptors (Lipinski definition) is 8. The first-order valence-corrected chi connectivity index (χ1v) is 21.5. The number of hydrogen-bond donors (Lipinski definition) is 6. The van der Waals surface area contributed by atoms with Crippen LogP contribution in [0.5, 0.6) is 0 Å². The van der Waals surface area contributed by atoms with Crippen LogP contribution < -0.4 is 5.32 Å². The van der Waals surface area contributed by atoms with E-state index in [-0.39, 0.29) is 12.5 Å². The van der Waals surface area contributed by atoms with Crippen LogP contribution in [-0.4, -0.2) is 87.5 Å². The van der Waals surface area contributed by atoms with Crippen molar-refractivity contribution in [3.8, 4) is 0 Å². The van der Waals surface area contributed by atoms with Crippen LogP contribution in [0.3, 0.4) is 0 Å². The van der Waals surface area contributed by atoms with Gasteiger partial charge in [-0.3, -0.25) is 4.79 Å². The van der Waals surface area contributed by atoms with E-state index in [2.05, 4.69) is 43.5 Å². The molecule has 0 aliphatic carbocycles. The van der Waals surface area contributed by atoms with E-state index >= 15 is 0 Å². The Balaban J connectivity index is 2.37. The summed E-state index contributed by atoms with van der Waals surface area (Å²) in [6, 6.07) is -0.722. The summed E-state index contributed by atoms with van der Waals surface area (Å²) in [6.07, 6.45) is 31.8. The van der Waals surface area contributed by atoms with Crippen molar-refractivity contribution in [1.29, 1.82) is 0 Å². The molecule has 0 bridgehead atoms. The highest BCUT2D eigenvalue weighted by atomic mass is 16.7. The smallest absolute Gasteiger partial charge is 0.220 e. The van der Waals surface area contributed by atoms with Crippen molar-refractivity contribution < 1.29 is 39.8 Å². The molecule has 0 aromatic carbocycles. The lowest BCUT2D eigenvalue weighted by Gasteiger charge is -2.40. The Morgan fingerprint density at radius 3 is 1.73 bits per heavy atom. The van der Waals surface area contributed by atoms with E-state index in [1.54, 1.807) is 0 Å². The third-order valence-corrected chi connectivity index (χ3v) is 10.3. The monoisotopic (exact) mass is 740 g/mol. The molecule has 1 aliphatic heterocycles. The summed E-state index contributed by atoms with van der Waals surface area (Å²) in [5.41, 5.74) is 0. The minimum atomic E-state index is -1.55. The first kappa shape index (κ1) is 48.7. The van der Waals surface area contributed by atoms with E-state index in [1.165, 1.54) is 89.9 Å². The number of unbranched alkanes of at least 4 members (excludes halogenated alkanes) is 21. The lowest BCUT2D eigenvalue weighted by Crippen LogP contribution is -2.60. The zero-order chi connectivity index (χ0) is 38.1. The molecule has 7 unspecified atom stereocenters. The molecule has 9 nitrogen and oxygen atoms in total. The molecule has 1 saturated heterocycles. The molecule has 9 heteroatoms. The third-order valence-electron chi connectivity index (χ3n) is 10.3. The molecule has 0 radical (unpaired) electrons. The van der Waals surface area contributed by atoms with Crippen LogP contribution in [0.2, 0.25) is 0 Å². The van der Waals surface area contributed by atoms with Crippen molar-refractivity contribution in [2.45, 2.75) is 230 Å². The molecule has 1 rings (SSSR count). The Labute approximate surface area is 318 Å². The highest BCUT2D eigenvalue weighted by Crippen LogP contribution is 2.23. The van der Waals surface area contributed by atoms with Crippen molar-refractivity contribution in [2.24, 2.45) is 0 Å². The van der Waals surface area contributed by atoms with E-state index < -0.39 is 49.5 Å². The van der Waals surface area contributed by atoms with Gasteiger partial charge in [0.05, 0.1) is 25.4 Å². The van der Waals surface area contributed by atoms with Crippen molar-refractivity contribution in [3.05, 3.63) is 24.3 Å². The Kier molecular flexibility index (Phi) is 32.0. The van der Waals surface area contributed by atoms with Crippen LogP contribution in [0.1, 0.15) is 187 Å². The molecule has 6 N–H and O–H groups in total. The molecule has 0 aromatic heterocycles. The number of carbonyl (C=O) groups excluding carboxylic acids is 1. The summed E-state index contributed by atoms with van der Waals surface area (Å²) in [6.45, 7) is 3.75. The molecule has 0 aromatic rings. The van der Waals surface area contributed by atoms with Gasteiger partial charge in [0.15, 0.2) is 6.29 Å². The fraction of sp³-hybridized carbons (Fsp3) is 0.884. The van der Waals surface area contributed by atoms with Gasteiger partial charge in [0, 0.05) is 6.42 Å². The van der Waals surface area contributed by atoms with Crippen LogP contribution in [0.15, 0.2) is 24.3 Å². The molecule has 52 heavy (non-hydrogen) atoms. The van der Waals surface area contributed by atoms with Gasteiger partial charge >= 0.3 is 0 Å². The maximum absolute atomic E-state index is 12.9. The molecular weight excluding hydrogens is 658 g/mol. The molecule has 1 heterocycles. The number of aliphatic hydroxyl groups excluding tert-OH is 5. The van der Waals surface area contributed by atoms with E-state index in [1.807, 2.05) is 0 Å². The van der Waals surface area contributed by atoms with Gasteiger partial charge in [-0.2, -0.15) is 0 Å².